The van der Waals surface area contributed by atoms with E-state index in [4.69, 9.17) is 0 Å². The fraction of sp³-hybridized carbons (Fsp3) is 0.667. The number of ether oxygens (including phenoxy) is 1. The van der Waals surface area contributed by atoms with Crippen LogP contribution in [0.3, 0.4) is 0 Å². The number of rotatable bonds is 5. The van der Waals surface area contributed by atoms with E-state index in [2.05, 4.69) is 15.0 Å². The van der Waals surface area contributed by atoms with Gasteiger partial charge in [-0.15, -0.1) is 0 Å². The van der Waals surface area contributed by atoms with Gasteiger partial charge in [0, 0.05) is 37.9 Å². The average Bonchev–Trinajstić information content (AvgIpc) is 2.73. The van der Waals surface area contributed by atoms with Gasteiger partial charge in [-0.25, -0.2) is 4.79 Å². The molecule has 0 radical (unpaired) electrons. The van der Waals surface area contributed by atoms with Crippen molar-refractivity contribution in [2.45, 2.75) is 44.3 Å². The highest BCUT2D eigenvalue weighted by molar-refractivity contribution is 5.67. The maximum atomic E-state index is 12.9. The Morgan fingerprint density at radius 1 is 1.14 bits per heavy atom. The molecule has 0 bridgehead atoms. The summed E-state index contributed by atoms with van der Waals surface area (Å²) in [5.41, 5.74) is 0.0608. The molecule has 1 N–H and O–H groups in total. The number of hydrogen-bond donors (Lipinski definition) is 1. The zero-order chi connectivity index (χ0) is 20.9. The van der Waals surface area contributed by atoms with E-state index in [0.29, 0.717) is 11.6 Å². The van der Waals surface area contributed by atoms with Gasteiger partial charge in [0.15, 0.2) is 0 Å². The van der Waals surface area contributed by atoms with Crippen LogP contribution in [-0.4, -0.2) is 56.9 Å². The van der Waals surface area contributed by atoms with Crippen LogP contribution in [0.5, 0.6) is 0 Å². The minimum absolute atomic E-state index is 0.217. The first-order chi connectivity index (χ1) is 13.8. The predicted molar refractivity (Wildman–Crippen MR) is 106 cm³/mol. The molecule has 1 aliphatic heterocycles. The molecule has 1 aromatic rings. The van der Waals surface area contributed by atoms with Gasteiger partial charge in [-0.05, 0) is 62.8 Å². The van der Waals surface area contributed by atoms with E-state index < -0.39 is 11.7 Å². The van der Waals surface area contributed by atoms with Gasteiger partial charge in [0.1, 0.15) is 0 Å². The second-order valence-corrected chi connectivity index (χ2v) is 8.02. The highest BCUT2D eigenvalue weighted by Gasteiger charge is 2.31. The van der Waals surface area contributed by atoms with Crippen molar-refractivity contribution in [2.24, 2.45) is 5.92 Å². The largest absolute Gasteiger partial charge is 0.453 e. The number of amides is 1. The number of methoxy groups -OCH3 is 1. The highest BCUT2D eigenvalue weighted by atomic mass is 19.4. The molecule has 2 fully saturated rings. The Kier molecular flexibility index (Phi) is 7.27. The third-order valence-corrected chi connectivity index (χ3v) is 6.12. The maximum absolute atomic E-state index is 12.9. The Hall–Kier alpha value is -1.96. The number of carbonyl (C=O) groups excluding carboxylic acids is 1. The number of nitrogens with one attached hydrogen (secondary N) is 1. The third kappa shape index (κ3) is 6.26. The van der Waals surface area contributed by atoms with E-state index in [0.717, 1.165) is 70.9 Å². The summed E-state index contributed by atoms with van der Waals surface area (Å²) < 4.78 is 43.4. The molecule has 0 aromatic heterocycles. The standard InChI is InChI=1S/C21H30F3N3O2/c1-29-20(28)25-18-7-5-16(6-8-18)9-10-26-11-13-27(14-12-26)19-4-2-3-17(15-19)21(22,23)24/h2-4,15-16,18H,5-14H2,1H3,(H,25,28). The van der Waals surface area contributed by atoms with E-state index in [9.17, 15) is 18.0 Å². The van der Waals surface area contributed by atoms with Crippen molar-refractivity contribution in [2.75, 3.05) is 44.7 Å². The molecule has 0 unspecified atom stereocenters. The van der Waals surface area contributed by atoms with Gasteiger partial charge >= 0.3 is 12.3 Å². The SMILES string of the molecule is COC(=O)NC1CCC(CCN2CCN(c3cccc(C(F)(F)F)c3)CC2)CC1. The minimum atomic E-state index is -4.30. The molecular formula is C21H30F3N3O2. The van der Waals surface area contributed by atoms with Crippen LogP contribution in [-0.2, 0) is 10.9 Å². The quantitative estimate of drug-likeness (QED) is 0.788. The van der Waals surface area contributed by atoms with Crippen LogP contribution >= 0.6 is 0 Å². The molecular weight excluding hydrogens is 383 g/mol. The van der Waals surface area contributed by atoms with Crippen molar-refractivity contribution < 1.29 is 22.7 Å². The van der Waals surface area contributed by atoms with E-state index in [1.807, 2.05) is 4.90 Å². The lowest BCUT2D eigenvalue weighted by atomic mass is 9.84. The first kappa shape index (κ1) is 21.7. The number of piperazine rings is 1. The van der Waals surface area contributed by atoms with Crippen LogP contribution in [0.25, 0.3) is 0 Å². The van der Waals surface area contributed by atoms with Crippen LogP contribution < -0.4 is 10.2 Å². The summed E-state index contributed by atoms with van der Waals surface area (Å²) >= 11 is 0. The number of hydrogen-bond acceptors (Lipinski definition) is 4. The van der Waals surface area contributed by atoms with Crippen molar-refractivity contribution in [3.63, 3.8) is 0 Å². The van der Waals surface area contributed by atoms with Gasteiger partial charge < -0.3 is 15.0 Å². The van der Waals surface area contributed by atoms with Crippen LogP contribution in [0.15, 0.2) is 24.3 Å². The lowest BCUT2D eigenvalue weighted by molar-refractivity contribution is -0.137. The minimum Gasteiger partial charge on any atom is -0.453 e. The van der Waals surface area contributed by atoms with Gasteiger partial charge in [-0.3, -0.25) is 4.90 Å². The van der Waals surface area contributed by atoms with E-state index in [1.165, 1.54) is 19.2 Å². The van der Waals surface area contributed by atoms with Crippen LogP contribution in [0.1, 0.15) is 37.7 Å². The van der Waals surface area contributed by atoms with Crippen molar-refractivity contribution in [1.82, 2.24) is 10.2 Å². The highest BCUT2D eigenvalue weighted by Crippen LogP contribution is 2.32. The lowest BCUT2D eigenvalue weighted by Gasteiger charge is -2.37. The summed E-state index contributed by atoms with van der Waals surface area (Å²) in [6.07, 6.45) is 0.675. The number of benzene rings is 1. The number of alkyl carbamates (subject to hydrolysis) is 1. The van der Waals surface area contributed by atoms with Crippen molar-refractivity contribution in [3.05, 3.63) is 29.8 Å². The Morgan fingerprint density at radius 2 is 1.83 bits per heavy atom. The van der Waals surface area contributed by atoms with E-state index in [-0.39, 0.29) is 12.1 Å². The van der Waals surface area contributed by atoms with Crippen LogP contribution in [0.4, 0.5) is 23.7 Å². The molecule has 8 heteroatoms. The fourth-order valence-electron chi connectivity index (χ4n) is 4.29. The molecule has 1 heterocycles. The molecule has 162 valence electrons. The smallest absolute Gasteiger partial charge is 0.416 e. The van der Waals surface area contributed by atoms with E-state index in [1.54, 1.807) is 6.07 Å². The third-order valence-electron chi connectivity index (χ3n) is 6.12. The monoisotopic (exact) mass is 413 g/mol. The van der Waals surface area contributed by atoms with Crippen molar-refractivity contribution in [3.8, 4) is 0 Å². The Balaban J connectivity index is 1.38. The van der Waals surface area contributed by atoms with Gasteiger partial charge in [0.25, 0.3) is 0 Å². The predicted octanol–water partition coefficient (Wildman–Crippen LogP) is 4.13. The summed E-state index contributed by atoms with van der Waals surface area (Å²) in [5.74, 6) is 0.673. The van der Waals surface area contributed by atoms with Gasteiger partial charge in [-0.1, -0.05) is 6.07 Å². The van der Waals surface area contributed by atoms with Crippen LogP contribution in [0.2, 0.25) is 0 Å². The summed E-state index contributed by atoms with van der Waals surface area (Å²) in [7, 11) is 1.38. The molecule has 3 rings (SSSR count). The molecule has 1 aromatic carbocycles. The summed E-state index contributed by atoms with van der Waals surface area (Å²) in [6, 6.07) is 5.82. The Labute approximate surface area is 170 Å². The normalized spacial score (nSPS) is 23.7. The number of anilines is 1. The van der Waals surface area contributed by atoms with Gasteiger partial charge in [0.2, 0.25) is 0 Å². The average molecular weight is 413 g/mol. The molecule has 1 saturated heterocycles. The summed E-state index contributed by atoms with van der Waals surface area (Å²) in [6.45, 7) is 4.26. The molecule has 0 spiro atoms. The molecule has 29 heavy (non-hydrogen) atoms. The number of carbonyl (C=O) groups is 1. The first-order valence-electron chi connectivity index (χ1n) is 10.3. The van der Waals surface area contributed by atoms with E-state index >= 15 is 0 Å². The summed E-state index contributed by atoms with van der Waals surface area (Å²) in [4.78, 5) is 15.7. The molecule has 1 amide bonds. The molecule has 0 atom stereocenters. The van der Waals surface area contributed by atoms with Crippen molar-refractivity contribution >= 4 is 11.8 Å². The Morgan fingerprint density at radius 3 is 2.45 bits per heavy atom. The fourth-order valence-corrected chi connectivity index (χ4v) is 4.29. The van der Waals surface area contributed by atoms with Gasteiger partial charge in [-0.2, -0.15) is 13.2 Å². The van der Waals surface area contributed by atoms with Gasteiger partial charge in [0.05, 0.1) is 12.7 Å². The second kappa shape index (κ2) is 9.69. The Bertz CT molecular complexity index is 667. The zero-order valence-electron chi connectivity index (χ0n) is 16.9. The van der Waals surface area contributed by atoms with Crippen LogP contribution in [0, 0.1) is 5.92 Å². The number of nitrogens with zero attached hydrogens (tertiary/aromatic N) is 2. The number of alkyl halides is 3. The molecule has 2 aliphatic rings. The molecule has 5 nitrogen and oxygen atoms in total. The zero-order valence-corrected chi connectivity index (χ0v) is 16.9. The maximum Gasteiger partial charge on any atom is 0.416 e. The topological polar surface area (TPSA) is 44.8 Å². The second-order valence-electron chi connectivity index (χ2n) is 8.02. The molecule has 1 saturated carbocycles. The lowest BCUT2D eigenvalue weighted by Crippen LogP contribution is -2.47. The summed E-state index contributed by atoms with van der Waals surface area (Å²) in [5, 5.41) is 2.88. The first-order valence-corrected chi connectivity index (χ1v) is 10.3. The number of halogens is 3. The molecule has 1 aliphatic carbocycles. The van der Waals surface area contributed by atoms with Crippen molar-refractivity contribution in [1.29, 1.82) is 0 Å².